The van der Waals surface area contributed by atoms with E-state index in [4.69, 9.17) is 28.4 Å². The molecule has 3 fully saturated rings. The summed E-state index contributed by atoms with van der Waals surface area (Å²) in [6.45, 7) is 18.3. The molecule has 3 aliphatic rings. The maximum Gasteiger partial charge on any atom is 0.311 e. The van der Waals surface area contributed by atoms with Crippen molar-refractivity contribution in [3.05, 3.63) is 29.8 Å². The molecule has 19 atom stereocenters. The van der Waals surface area contributed by atoms with Crippen LogP contribution in [-0.2, 0) is 43.2 Å². The summed E-state index contributed by atoms with van der Waals surface area (Å²) < 4.78 is 68.6. The van der Waals surface area contributed by atoms with Crippen LogP contribution in [0.2, 0.25) is 0 Å². The van der Waals surface area contributed by atoms with Crippen LogP contribution in [0.4, 0.5) is 0 Å². The van der Waals surface area contributed by atoms with E-state index in [2.05, 4.69) is 4.72 Å². The van der Waals surface area contributed by atoms with Crippen molar-refractivity contribution in [2.24, 2.45) is 23.7 Å². The number of likely N-dealkylation sites (N-methyl/N-ethyl adjacent to an activating group) is 1. The van der Waals surface area contributed by atoms with Crippen LogP contribution >= 0.6 is 0 Å². The number of carbonyl (C=O) groups is 1. The van der Waals surface area contributed by atoms with Crippen molar-refractivity contribution < 1.29 is 67.2 Å². The molecule has 0 amide bonds. The second kappa shape index (κ2) is 20.1. The molecule has 4 rings (SSSR count). The summed E-state index contributed by atoms with van der Waals surface area (Å²) in [7, 11) is 0.919. The van der Waals surface area contributed by atoms with Crippen molar-refractivity contribution in [3.8, 4) is 0 Å². The molecule has 6 N–H and O–H groups in total. The zero-order chi connectivity index (χ0) is 46.2. The Morgan fingerprint density at radius 3 is 2.07 bits per heavy atom. The molecule has 352 valence electrons. The molecule has 19 unspecified atom stereocenters. The zero-order valence-electron chi connectivity index (χ0n) is 38.6. The fraction of sp³-hybridized carbons (Fsp3) is 0.841. The maximum atomic E-state index is 14.4. The van der Waals surface area contributed by atoms with Crippen molar-refractivity contribution in [1.29, 1.82) is 0 Å². The molecule has 0 bridgehead atoms. The van der Waals surface area contributed by atoms with E-state index in [9.17, 15) is 38.7 Å². The number of aryl methyl sites for hydroxylation is 1. The summed E-state index contributed by atoms with van der Waals surface area (Å²) in [4.78, 5) is 16.3. The van der Waals surface area contributed by atoms with E-state index in [1.165, 1.54) is 33.1 Å². The summed E-state index contributed by atoms with van der Waals surface area (Å²) in [6, 6.07) is 4.81. The monoisotopic (exact) mass is 889 g/mol. The van der Waals surface area contributed by atoms with Gasteiger partial charge in [-0.15, -0.1) is 0 Å². The molecule has 0 radical (unpaired) electrons. The molecule has 1 aromatic carbocycles. The molecule has 3 aliphatic heterocycles. The lowest BCUT2D eigenvalue weighted by Crippen LogP contribution is -2.62. The largest absolute Gasteiger partial charge is 0.459 e. The van der Waals surface area contributed by atoms with Crippen molar-refractivity contribution in [1.82, 2.24) is 9.62 Å². The number of aliphatic hydroxyl groups excluding tert-OH is 3. The van der Waals surface area contributed by atoms with Gasteiger partial charge in [-0.3, -0.25) is 4.79 Å². The minimum absolute atomic E-state index is 0.0153. The standard InChI is InChI=1S/C44H76N2O14S/c1-15-32-44(11,52)37(48)26(5)34(45-61(53,54)30-18-16-23(2)17-19-30)24(3)21-42(9,51)39(60-41-35(47)31(46(12)13)20-25(4)56-41)27(6)36(28(7)40(50)58-32)59-33-22-43(10,55-14)38(49)29(8)57-33/h16-19,24-29,31-39,41,45,47-49,51-52H,15,20-22H2,1-14H3. The number of aliphatic hydroxyl groups is 5. The van der Waals surface area contributed by atoms with Crippen LogP contribution < -0.4 is 4.72 Å². The number of rotatable bonds is 10. The highest BCUT2D eigenvalue weighted by Crippen LogP contribution is 2.41. The topological polar surface area (TPSA) is 223 Å². The van der Waals surface area contributed by atoms with Gasteiger partial charge in [0.15, 0.2) is 12.6 Å². The van der Waals surface area contributed by atoms with Gasteiger partial charge >= 0.3 is 5.97 Å². The normalized spacial score (nSPS) is 45.0. The highest BCUT2D eigenvalue weighted by atomic mass is 32.2. The summed E-state index contributed by atoms with van der Waals surface area (Å²) in [5.41, 5.74) is -4.20. The highest BCUT2D eigenvalue weighted by Gasteiger charge is 2.54. The second-order valence-electron chi connectivity index (χ2n) is 19.2. The smallest absolute Gasteiger partial charge is 0.311 e. The molecule has 3 saturated heterocycles. The fourth-order valence-electron chi connectivity index (χ4n) is 9.79. The van der Waals surface area contributed by atoms with E-state index in [1.807, 2.05) is 32.8 Å². The molecule has 0 spiro atoms. The van der Waals surface area contributed by atoms with Crippen LogP contribution in [0.1, 0.15) is 100 Å². The van der Waals surface area contributed by atoms with Gasteiger partial charge in [0.1, 0.15) is 23.9 Å². The van der Waals surface area contributed by atoms with Gasteiger partial charge in [0.05, 0.1) is 52.5 Å². The third kappa shape index (κ3) is 11.5. The molecular formula is C44H76N2O14S. The first-order valence-electron chi connectivity index (χ1n) is 21.7. The number of carbonyl (C=O) groups excluding carboxylic acids is 1. The Labute approximate surface area is 363 Å². The van der Waals surface area contributed by atoms with Gasteiger partial charge in [-0.2, -0.15) is 0 Å². The Kier molecular flexibility index (Phi) is 17.1. The summed E-state index contributed by atoms with van der Waals surface area (Å²) >= 11 is 0. The molecule has 1 aromatic rings. The van der Waals surface area contributed by atoms with Crippen molar-refractivity contribution in [2.45, 2.75) is 197 Å². The predicted molar refractivity (Wildman–Crippen MR) is 227 cm³/mol. The lowest BCUT2D eigenvalue weighted by molar-refractivity contribution is -0.318. The molecule has 0 aromatic heterocycles. The third-order valence-corrected chi connectivity index (χ3v) is 15.2. The number of cyclic esters (lactones) is 1. The molecule has 17 heteroatoms. The van der Waals surface area contributed by atoms with E-state index in [1.54, 1.807) is 60.6 Å². The number of esters is 1. The van der Waals surface area contributed by atoms with Crippen LogP contribution in [-0.4, -0.2) is 156 Å². The van der Waals surface area contributed by atoms with Gasteiger partial charge in [0.2, 0.25) is 10.0 Å². The first kappa shape index (κ1) is 51.8. The summed E-state index contributed by atoms with van der Waals surface area (Å²) in [5.74, 6) is -4.59. The van der Waals surface area contributed by atoms with Crippen LogP contribution in [0, 0.1) is 30.6 Å². The van der Waals surface area contributed by atoms with Crippen molar-refractivity contribution in [3.63, 3.8) is 0 Å². The minimum atomic E-state index is -4.23. The first-order chi connectivity index (χ1) is 28.1. The third-order valence-electron chi connectivity index (χ3n) is 13.7. The molecule has 0 aliphatic carbocycles. The molecule has 3 heterocycles. The number of nitrogens with zero attached hydrogens (tertiary/aromatic N) is 1. The number of nitrogens with one attached hydrogen (secondary N) is 1. The zero-order valence-corrected chi connectivity index (χ0v) is 39.5. The minimum Gasteiger partial charge on any atom is -0.459 e. The quantitative estimate of drug-likeness (QED) is 0.186. The number of ether oxygens (including phenoxy) is 6. The van der Waals surface area contributed by atoms with E-state index >= 15 is 0 Å². The van der Waals surface area contributed by atoms with Gasteiger partial charge in [0, 0.05) is 37.5 Å². The molecular weight excluding hydrogens is 813 g/mol. The summed E-state index contributed by atoms with van der Waals surface area (Å²) in [5, 5.41) is 59.7. The van der Waals surface area contributed by atoms with E-state index in [-0.39, 0.29) is 36.3 Å². The lowest BCUT2D eigenvalue weighted by Gasteiger charge is -2.49. The van der Waals surface area contributed by atoms with Gasteiger partial charge in [-0.05, 0) is 99.9 Å². The van der Waals surface area contributed by atoms with E-state index in [0.717, 1.165) is 5.56 Å². The number of hydrogen-bond donors (Lipinski definition) is 6. The van der Waals surface area contributed by atoms with Crippen molar-refractivity contribution in [2.75, 3.05) is 21.2 Å². The second-order valence-corrected chi connectivity index (χ2v) is 20.9. The average molecular weight is 889 g/mol. The summed E-state index contributed by atoms with van der Waals surface area (Å²) in [6.07, 6.45) is -10.4. The Morgan fingerprint density at radius 1 is 0.902 bits per heavy atom. The fourth-order valence-corrected chi connectivity index (χ4v) is 11.2. The Balaban J connectivity index is 1.91. The highest BCUT2D eigenvalue weighted by molar-refractivity contribution is 7.89. The van der Waals surface area contributed by atoms with Gasteiger partial charge < -0.3 is 58.9 Å². The SMILES string of the molecule is CCC1OC(=O)C(C)C(OC2CC(C)(OC)C(O)C(C)O2)C(C)C(OC2OC(C)CC(N(C)C)C2O)C(C)(O)CC(C)C(NS(=O)(=O)c2ccc(C)cc2)C(C)C(O)C1(C)O. The van der Waals surface area contributed by atoms with Crippen LogP contribution in [0.25, 0.3) is 0 Å². The molecule has 61 heavy (non-hydrogen) atoms. The van der Waals surface area contributed by atoms with Crippen LogP contribution in [0.5, 0.6) is 0 Å². The number of methoxy groups -OCH3 is 1. The maximum absolute atomic E-state index is 14.4. The Morgan fingerprint density at radius 2 is 1.51 bits per heavy atom. The van der Waals surface area contributed by atoms with Gasteiger partial charge in [-0.25, -0.2) is 13.1 Å². The van der Waals surface area contributed by atoms with Gasteiger partial charge in [-0.1, -0.05) is 45.4 Å². The number of hydrogen-bond acceptors (Lipinski definition) is 15. The average Bonchev–Trinajstić information content (AvgIpc) is 3.18. The molecule has 16 nitrogen and oxygen atoms in total. The van der Waals surface area contributed by atoms with Crippen LogP contribution in [0.3, 0.4) is 0 Å². The predicted octanol–water partition coefficient (Wildman–Crippen LogP) is 2.87. The molecule has 0 saturated carbocycles. The van der Waals surface area contributed by atoms with Crippen molar-refractivity contribution >= 4 is 16.0 Å². The van der Waals surface area contributed by atoms with E-state index in [0.29, 0.717) is 6.42 Å². The van der Waals surface area contributed by atoms with Gasteiger partial charge in [0.25, 0.3) is 0 Å². The Hall–Kier alpha value is -1.84. The van der Waals surface area contributed by atoms with Crippen LogP contribution in [0.15, 0.2) is 29.2 Å². The Bertz CT molecular complexity index is 1700. The lowest BCUT2D eigenvalue weighted by atomic mass is 9.72. The van der Waals surface area contributed by atoms with E-state index < -0.39 is 118 Å². The number of sulfonamides is 1. The first-order valence-corrected chi connectivity index (χ1v) is 23.2. The number of benzene rings is 1.